The van der Waals surface area contributed by atoms with Crippen LogP contribution in [0.25, 0.3) is 0 Å². The third-order valence-electron chi connectivity index (χ3n) is 1.55. The quantitative estimate of drug-likeness (QED) is 0.472. The minimum absolute atomic E-state index is 0.0680. The Labute approximate surface area is 67.7 Å². The summed E-state index contributed by atoms with van der Waals surface area (Å²) in [5.41, 5.74) is 5.50. The van der Waals surface area contributed by atoms with Crippen LogP contribution in [0.5, 0.6) is 0 Å². The van der Waals surface area contributed by atoms with Crippen molar-refractivity contribution in [2.45, 2.75) is 32.2 Å². The number of hydrogen-bond donors (Lipinski definition) is 1. The van der Waals surface area contributed by atoms with Gasteiger partial charge in [0.25, 0.3) is 0 Å². The van der Waals surface area contributed by atoms with Crippen LogP contribution in [0, 0.1) is 0 Å². The number of carbonyl (C=O) groups excluding carboxylic acids is 1. The van der Waals surface area contributed by atoms with Gasteiger partial charge in [-0.1, -0.05) is 0 Å². The molecule has 0 rings (SSSR count). The Hall–Kier alpha value is -0.700. The largest absolute Gasteiger partial charge is 0.322 e. The number of rotatable bonds is 5. The Morgan fingerprint density at radius 3 is 2.82 bits per heavy atom. The minimum Gasteiger partial charge on any atom is -0.322 e. The van der Waals surface area contributed by atoms with Gasteiger partial charge < -0.3 is 10.7 Å². The van der Waals surface area contributed by atoms with E-state index in [1.54, 1.807) is 7.05 Å². The highest BCUT2D eigenvalue weighted by atomic mass is 16.1. The lowest BCUT2D eigenvalue weighted by Crippen LogP contribution is -2.27. The smallest absolute Gasteiger partial charge is 0.146 e. The summed E-state index contributed by atoms with van der Waals surface area (Å²) in [6, 6.07) is -0.278. The number of carbonyl (C=O) groups is 1. The van der Waals surface area contributed by atoms with Gasteiger partial charge in [0.05, 0.1) is 6.04 Å². The molecule has 0 radical (unpaired) electrons. The van der Waals surface area contributed by atoms with Crippen LogP contribution in [0.4, 0.5) is 0 Å². The first kappa shape index (κ1) is 10.3. The van der Waals surface area contributed by atoms with E-state index >= 15 is 0 Å². The fraction of sp³-hybridized carbons (Fsp3) is 0.750. The molecular formula is C8H16N2O. The first-order chi connectivity index (χ1) is 5.18. The van der Waals surface area contributed by atoms with Gasteiger partial charge in [0, 0.05) is 7.05 Å². The molecule has 0 saturated carbocycles. The van der Waals surface area contributed by atoms with Crippen molar-refractivity contribution in [1.82, 2.24) is 0 Å². The summed E-state index contributed by atoms with van der Waals surface area (Å²) in [5, 5.41) is 0. The molecule has 0 saturated heterocycles. The molecule has 0 spiro atoms. The van der Waals surface area contributed by atoms with Crippen molar-refractivity contribution in [3.63, 3.8) is 0 Å². The maximum absolute atomic E-state index is 10.6. The molecule has 0 aliphatic rings. The summed E-state index contributed by atoms with van der Waals surface area (Å²) >= 11 is 0. The maximum Gasteiger partial charge on any atom is 0.146 e. The van der Waals surface area contributed by atoms with Crippen LogP contribution in [0.2, 0.25) is 0 Å². The van der Waals surface area contributed by atoms with E-state index in [-0.39, 0.29) is 11.8 Å². The number of nitrogens with two attached hydrogens (primary N) is 1. The van der Waals surface area contributed by atoms with Crippen molar-refractivity contribution in [3.05, 3.63) is 0 Å². The number of nitrogens with zero attached hydrogens (tertiary/aromatic N) is 1. The molecule has 3 heteroatoms. The first-order valence-electron chi connectivity index (χ1n) is 3.85. The van der Waals surface area contributed by atoms with Crippen molar-refractivity contribution < 1.29 is 4.79 Å². The molecule has 2 N–H and O–H groups in total. The summed E-state index contributed by atoms with van der Waals surface area (Å²) in [6.45, 7) is 1.53. The number of hydrogen-bond acceptors (Lipinski definition) is 3. The van der Waals surface area contributed by atoms with E-state index in [9.17, 15) is 4.79 Å². The molecule has 0 aliphatic carbocycles. The van der Waals surface area contributed by atoms with Crippen LogP contribution in [-0.4, -0.2) is 25.1 Å². The highest BCUT2D eigenvalue weighted by Gasteiger charge is 2.05. The van der Waals surface area contributed by atoms with Crippen molar-refractivity contribution >= 4 is 12.0 Å². The standard InChI is InChI=1S/C8H16N2O/c1-7(11)8(9)5-3-4-6-10-2/h6,8H,3-5,9H2,1-2H3/b10-6+/t8-/m0/s1. The molecule has 64 valence electrons. The van der Waals surface area contributed by atoms with Crippen molar-refractivity contribution in [2.75, 3.05) is 7.05 Å². The molecule has 0 fully saturated rings. The molecule has 0 aromatic rings. The predicted molar refractivity (Wildman–Crippen MR) is 46.9 cm³/mol. The van der Waals surface area contributed by atoms with Crippen LogP contribution >= 0.6 is 0 Å². The Morgan fingerprint density at radius 2 is 2.36 bits per heavy atom. The van der Waals surface area contributed by atoms with Gasteiger partial charge in [0.1, 0.15) is 5.78 Å². The van der Waals surface area contributed by atoms with E-state index < -0.39 is 0 Å². The lowest BCUT2D eigenvalue weighted by atomic mass is 10.1. The van der Waals surface area contributed by atoms with Crippen LogP contribution in [-0.2, 0) is 4.79 Å². The third-order valence-corrected chi connectivity index (χ3v) is 1.55. The molecule has 0 aliphatic heterocycles. The molecule has 0 aromatic carbocycles. The Kier molecular flexibility index (Phi) is 5.65. The van der Waals surface area contributed by atoms with E-state index in [0.29, 0.717) is 0 Å². The number of Topliss-reactive ketones (excluding diaryl/α,β-unsaturated/α-hetero) is 1. The van der Waals surface area contributed by atoms with Gasteiger partial charge in [-0.05, 0) is 32.4 Å². The van der Waals surface area contributed by atoms with Crippen molar-refractivity contribution in [2.24, 2.45) is 10.7 Å². The van der Waals surface area contributed by atoms with Crippen LogP contribution in [0.1, 0.15) is 26.2 Å². The van der Waals surface area contributed by atoms with Gasteiger partial charge in [0.2, 0.25) is 0 Å². The summed E-state index contributed by atoms with van der Waals surface area (Å²) < 4.78 is 0. The molecule has 0 aromatic heterocycles. The highest BCUT2D eigenvalue weighted by molar-refractivity contribution is 5.81. The van der Waals surface area contributed by atoms with Gasteiger partial charge >= 0.3 is 0 Å². The Morgan fingerprint density at radius 1 is 1.73 bits per heavy atom. The van der Waals surface area contributed by atoms with Crippen molar-refractivity contribution in [3.8, 4) is 0 Å². The number of aliphatic imine (C=N–C) groups is 1. The zero-order valence-corrected chi connectivity index (χ0v) is 7.21. The second kappa shape index (κ2) is 6.04. The van der Waals surface area contributed by atoms with Crippen molar-refractivity contribution in [1.29, 1.82) is 0 Å². The fourth-order valence-corrected chi connectivity index (χ4v) is 0.761. The summed E-state index contributed by atoms with van der Waals surface area (Å²) in [6.07, 6.45) is 4.46. The van der Waals surface area contributed by atoms with Gasteiger partial charge in [-0.3, -0.25) is 4.79 Å². The first-order valence-corrected chi connectivity index (χ1v) is 3.85. The van der Waals surface area contributed by atoms with Gasteiger partial charge in [-0.2, -0.15) is 0 Å². The SMILES string of the molecule is C/N=C/CCC[C@H](N)C(C)=O. The second-order valence-electron chi connectivity index (χ2n) is 2.59. The molecule has 1 atom stereocenters. The average Bonchev–Trinajstić information content (AvgIpc) is 1.97. The zero-order valence-electron chi connectivity index (χ0n) is 7.21. The number of ketones is 1. The summed E-state index contributed by atoms with van der Waals surface area (Å²) in [4.78, 5) is 14.5. The molecule has 0 amide bonds. The maximum atomic E-state index is 10.6. The van der Waals surface area contributed by atoms with Gasteiger partial charge in [0.15, 0.2) is 0 Å². The topological polar surface area (TPSA) is 55.4 Å². The van der Waals surface area contributed by atoms with Crippen LogP contribution in [0.15, 0.2) is 4.99 Å². The fourth-order valence-electron chi connectivity index (χ4n) is 0.761. The predicted octanol–water partition coefficient (Wildman–Crippen LogP) is 0.774. The normalized spacial score (nSPS) is 13.7. The zero-order chi connectivity index (χ0) is 8.69. The van der Waals surface area contributed by atoms with E-state index in [2.05, 4.69) is 4.99 Å². The van der Waals surface area contributed by atoms with Crippen LogP contribution in [0.3, 0.4) is 0 Å². The lowest BCUT2D eigenvalue weighted by Gasteiger charge is -2.04. The molecular weight excluding hydrogens is 140 g/mol. The van der Waals surface area contributed by atoms with E-state index in [1.807, 2.05) is 6.21 Å². The molecule has 11 heavy (non-hydrogen) atoms. The van der Waals surface area contributed by atoms with E-state index in [1.165, 1.54) is 6.92 Å². The van der Waals surface area contributed by atoms with Crippen LogP contribution < -0.4 is 5.73 Å². The monoisotopic (exact) mass is 156 g/mol. The molecule has 0 heterocycles. The second-order valence-corrected chi connectivity index (χ2v) is 2.59. The summed E-state index contributed by atoms with van der Waals surface area (Å²) in [5.74, 6) is 0.0680. The molecule has 0 bridgehead atoms. The lowest BCUT2D eigenvalue weighted by molar-refractivity contribution is -0.118. The summed E-state index contributed by atoms with van der Waals surface area (Å²) in [7, 11) is 1.74. The van der Waals surface area contributed by atoms with Gasteiger partial charge in [-0.25, -0.2) is 0 Å². The average molecular weight is 156 g/mol. The molecule has 3 nitrogen and oxygen atoms in total. The van der Waals surface area contributed by atoms with E-state index in [4.69, 9.17) is 5.73 Å². The number of unbranched alkanes of at least 4 members (excludes halogenated alkanes) is 1. The Bertz CT molecular complexity index is 143. The third kappa shape index (κ3) is 5.73. The van der Waals surface area contributed by atoms with Gasteiger partial charge in [-0.15, -0.1) is 0 Å². The Balaban J connectivity index is 3.31. The van der Waals surface area contributed by atoms with E-state index in [0.717, 1.165) is 19.3 Å². The molecule has 0 unspecified atom stereocenters. The highest BCUT2D eigenvalue weighted by Crippen LogP contribution is 1.97. The minimum atomic E-state index is -0.278.